The average molecular weight is 351 g/mol. The van der Waals surface area contributed by atoms with Gasteiger partial charge in [-0.1, -0.05) is 0 Å². The fraction of sp³-hybridized carbons (Fsp3) is 0.474. The Kier molecular flexibility index (Phi) is 4.55. The SMILES string of the molecule is CC(C)n1ncc2cc(CN3CCCC(c4ccnc(N)n4)C3)cnc21. The number of aromatic nitrogens is 5. The molecule has 0 aliphatic carbocycles. The van der Waals surface area contributed by atoms with Crippen molar-refractivity contribution in [3.05, 3.63) is 42.0 Å². The Morgan fingerprint density at radius 3 is 2.96 bits per heavy atom. The summed E-state index contributed by atoms with van der Waals surface area (Å²) in [5, 5.41) is 5.56. The monoisotopic (exact) mass is 351 g/mol. The molecule has 136 valence electrons. The molecule has 1 aliphatic heterocycles. The van der Waals surface area contributed by atoms with E-state index in [0.717, 1.165) is 49.2 Å². The van der Waals surface area contributed by atoms with Crippen molar-refractivity contribution in [1.29, 1.82) is 0 Å². The fourth-order valence-corrected chi connectivity index (χ4v) is 3.76. The molecule has 0 spiro atoms. The Labute approximate surface area is 153 Å². The van der Waals surface area contributed by atoms with Gasteiger partial charge in [0.1, 0.15) is 0 Å². The van der Waals surface area contributed by atoms with Crippen molar-refractivity contribution >= 4 is 17.0 Å². The first-order valence-electron chi connectivity index (χ1n) is 9.23. The lowest BCUT2D eigenvalue weighted by atomic mass is 9.94. The molecular weight excluding hydrogens is 326 g/mol. The molecule has 1 aliphatic rings. The van der Waals surface area contributed by atoms with E-state index in [1.165, 1.54) is 5.56 Å². The van der Waals surface area contributed by atoms with Gasteiger partial charge in [-0.25, -0.2) is 19.6 Å². The Hall–Kier alpha value is -2.54. The highest BCUT2D eigenvalue weighted by atomic mass is 15.3. The number of pyridine rings is 1. The summed E-state index contributed by atoms with van der Waals surface area (Å²) in [6, 6.07) is 4.51. The van der Waals surface area contributed by atoms with Crippen molar-refractivity contribution in [3.8, 4) is 0 Å². The summed E-state index contributed by atoms with van der Waals surface area (Å²) in [5.74, 6) is 0.769. The zero-order valence-corrected chi connectivity index (χ0v) is 15.3. The van der Waals surface area contributed by atoms with E-state index in [9.17, 15) is 0 Å². The third kappa shape index (κ3) is 3.39. The number of nitrogen functional groups attached to an aromatic ring is 1. The molecule has 1 unspecified atom stereocenters. The third-order valence-corrected chi connectivity index (χ3v) is 5.00. The van der Waals surface area contributed by atoms with E-state index >= 15 is 0 Å². The van der Waals surface area contributed by atoms with Crippen molar-refractivity contribution < 1.29 is 0 Å². The van der Waals surface area contributed by atoms with Gasteiger partial charge in [0.2, 0.25) is 5.95 Å². The van der Waals surface area contributed by atoms with Gasteiger partial charge in [0.05, 0.1) is 11.9 Å². The Balaban J connectivity index is 1.49. The summed E-state index contributed by atoms with van der Waals surface area (Å²) in [5.41, 5.74) is 8.98. The lowest BCUT2D eigenvalue weighted by molar-refractivity contribution is 0.198. The van der Waals surface area contributed by atoms with Gasteiger partial charge in [0.25, 0.3) is 0 Å². The summed E-state index contributed by atoms with van der Waals surface area (Å²) in [6.07, 6.45) is 7.95. The summed E-state index contributed by atoms with van der Waals surface area (Å²) in [7, 11) is 0. The number of piperidine rings is 1. The van der Waals surface area contributed by atoms with Crippen LogP contribution in [0.4, 0.5) is 5.95 Å². The first kappa shape index (κ1) is 16.9. The van der Waals surface area contributed by atoms with Crippen LogP contribution >= 0.6 is 0 Å². The van der Waals surface area contributed by atoms with Gasteiger partial charge in [-0.15, -0.1) is 0 Å². The maximum absolute atomic E-state index is 5.75. The molecule has 1 fully saturated rings. The van der Waals surface area contributed by atoms with Gasteiger partial charge in [0.15, 0.2) is 5.65 Å². The highest BCUT2D eigenvalue weighted by molar-refractivity contribution is 5.75. The third-order valence-electron chi connectivity index (χ3n) is 5.00. The van der Waals surface area contributed by atoms with E-state index in [2.05, 4.69) is 44.9 Å². The predicted octanol–water partition coefficient (Wildman–Crippen LogP) is 2.76. The summed E-state index contributed by atoms with van der Waals surface area (Å²) in [6.45, 7) is 7.22. The first-order chi connectivity index (χ1) is 12.6. The first-order valence-corrected chi connectivity index (χ1v) is 9.23. The van der Waals surface area contributed by atoms with Gasteiger partial charge in [-0.3, -0.25) is 4.90 Å². The van der Waals surface area contributed by atoms with Crippen LogP contribution in [0, 0.1) is 0 Å². The zero-order valence-electron chi connectivity index (χ0n) is 15.3. The predicted molar refractivity (Wildman–Crippen MR) is 102 cm³/mol. The Morgan fingerprint density at radius 1 is 1.27 bits per heavy atom. The second kappa shape index (κ2) is 6.99. The van der Waals surface area contributed by atoms with Crippen LogP contribution in [-0.4, -0.2) is 42.7 Å². The maximum atomic E-state index is 5.75. The molecule has 4 rings (SSSR count). The van der Waals surface area contributed by atoms with Crippen LogP contribution in [0.1, 0.15) is 49.9 Å². The average Bonchev–Trinajstić information content (AvgIpc) is 3.05. The van der Waals surface area contributed by atoms with E-state index in [1.807, 2.05) is 23.1 Å². The van der Waals surface area contributed by atoms with E-state index < -0.39 is 0 Å². The van der Waals surface area contributed by atoms with Crippen molar-refractivity contribution in [2.24, 2.45) is 0 Å². The van der Waals surface area contributed by atoms with Crippen LogP contribution in [-0.2, 0) is 6.54 Å². The summed E-state index contributed by atoms with van der Waals surface area (Å²) < 4.78 is 1.97. The normalized spacial score (nSPS) is 18.7. The number of fused-ring (bicyclic) bond motifs is 1. The topological polar surface area (TPSA) is 85.8 Å². The van der Waals surface area contributed by atoms with Crippen molar-refractivity contribution in [3.63, 3.8) is 0 Å². The van der Waals surface area contributed by atoms with Gasteiger partial charge < -0.3 is 5.73 Å². The molecule has 26 heavy (non-hydrogen) atoms. The number of anilines is 1. The molecule has 7 nitrogen and oxygen atoms in total. The molecule has 1 atom stereocenters. The zero-order chi connectivity index (χ0) is 18.1. The molecule has 3 aromatic rings. The van der Waals surface area contributed by atoms with Gasteiger partial charge >= 0.3 is 0 Å². The van der Waals surface area contributed by atoms with E-state index in [0.29, 0.717) is 17.9 Å². The van der Waals surface area contributed by atoms with E-state index in [4.69, 9.17) is 5.73 Å². The van der Waals surface area contributed by atoms with Crippen molar-refractivity contribution in [2.75, 3.05) is 18.8 Å². The number of rotatable bonds is 4. The summed E-state index contributed by atoms with van der Waals surface area (Å²) >= 11 is 0. The van der Waals surface area contributed by atoms with Gasteiger partial charge in [-0.05, 0) is 50.9 Å². The minimum Gasteiger partial charge on any atom is -0.368 e. The fourth-order valence-electron chi connectivity index (χ4n) is 3.76. The number of nitrogens with two attached hydrogens (primary N) is 1. The number of hydrogen-bond acceptors (Lipinski definition) is 6. The number of hydrogen-bond donors (Lipinski definition) is 1. The van der Waals surface area contributed by atoms with E-state index in [1.54, 1.807) is 6.20 Å². The second-order valence-corrected chi connectivity index (χ2v) is 7.35. The van der Waals surface area contributed by atoms with Gasteiger partial charge in [0, 0.05) is 42.8 Å². The minimum atomic E-state index is 0.314. The van der Waals surface area contributed by atoms with E-state index in [-0.39, 0.29) is 0 Å². The molecule has 1 saturated heterocycles. The molecule has 7 heteroatoms. The van der Waals surface area contributed by atoms with Crippen LogP contribution in [0.2, 0.25) is 0 Å². The lowest BCUT2D eigenvalue weighted by Gasteiger charge is -2.32. The largest absolute Gasteiger partial charge is 0.368 e. The van der Waals surface area contributed by atoms with Crippen LogP contribution in [0.5, 0.6) is 0 Å². The smallest absolute Gasteiger partial charge is 0.220 e. The standard InChI is InChI=1S/C19H25N7/c1-13(2)26-18-16(10-23-26)8-14(9-22-18)11-25-7-3-4-15(12-25)17-5-6-21-19(20)24-17/h5-6,8-10,13,15H,3-4,7,11-12H2,1-2H3,(H2,20,21,24). The Morgan fingerprint density at radius 2 is 2.15 bits per heavy atom. The van der Waals surface area contributed by atoms with Crippen LogP contribution < -0.4 is 5.73 Å². The van der Waals surface area contributed by atoms with Gasteiger partial charge in [-0.2, -0.15) is 5.10 Å². The number of likely N-dealkylation sites (tertiary alicyclic amines) is 1. The number of nitrogens with zero attached hydrogens (tertiary/aromatic N) is 6. The van der Waals surface area contributed by atoms with Crippen LogP contribution in [0.3, 0.4) is 0 Å². The molecule has 0 aromatic carbocycles. The highest BCUT2D eigenvalue weighted by Gasteiger charge is 2.23. The lowest BCUT2D eigenvalue weighted by Crippen LogP contribution is -2.34. The molecule has 4 heterocycles. The molecule has 0 amide bonds. The molecule has 0 bridgehead atoms. The van der Waals surface area contributed by atoms with Crippen LogP contribution in [0.15, 0.2) is 30.7 Å². The quantitative estimate of drug-likeness (QED) is 0.778. The molecule has 0 radical (unpaired) electrons. The van der Waals surface area contributed by atoms with Crippen molar-refractivity contribution in [1.82, 2.24) is 29.6 Å². The minimum absolute atomic E-state index is 0.314. The second-order valence-electron chi connectivity index (χ2n) is 7.35. The van der Waals surface area contributed by atoms with Crippen molar-refractivity contribution in [2.45, 2.75) is 45.2 Å². The summed E-state index contributed by atoms with van der Waals surface area (Å²) in [4.78, 5) is 15.5. The highest BCUT2D eigenvalue weighted by Crippen LogP contribution is 2.27. The molecule has 3 aromatic heterocycles. The Bertz CT molecular complexity index is 902. The molecule has 2 N–H and O–H groups in total. The molecular formula is C19H25N7. The maximum Gasteiger partial charge on any atom is 0.220 e. The van der Waals surface area contributed by atoms with Crippen LogP contribution in [0.25, 0.3) is 11.0 Å². The molecule has 0 saturated carbocycles.